The van der Waals surface area contributed by atoms with Crippen LogP contribution in [0, 0.1) is 0 Å². The highest BCUT2D eigenvalue weighted by Gasteiger charge is 2.23. The first-order valence-electron chi connectivity index (χ1n) is 9.20. The number of carbonyl (C=O) groups is 1. The molecule has 0 radical (unpaired) electrons. The smallest absolute Gasteiger partial charge is 0.239 e. The molecule has 1 fully saturated rings. The number of rotatable bonds is 4. The third kappa shape index (κ3) is 3.99. The van der Waals surface area contributed by atoms with Gasteiger partial charge < -0.3 is 10.2 Å². The number of pyridine rings is 1. The summed E-state index contributed by atoms with van der Waals surface area (Å²) in [5, 5.41) is 11.8. The number of aromatic amines is 1. The van der Waals surface area contributed by atoms with Crippen LogP contribution >= 0.6 is 0 Å². The van der Waals surface area contributed by atoms with E-state index < -0.39 is 0 Å². The van der Waals surface area contributed by atoms with Crippen LogP contribution in [-0.2, 0) is 4.79 Å². The molecule has 0 saturated carbocycles. The first-order chi connectivity index (χ1) is 13.1. The van der Waals surface area contributed by atoms with E-state index in [1.165, 1.54) is 0 Å². The van der Waals surface area contributed by atoms with Gasteiger partial charge in [-0.3, -0.25) is 14.8 Å². The van der Waals surface area contributed by atoms with E-state index in [1.54, 1.807) is 12.4 Å². The number of nitrogens with one attached hydrogen (secondary N) is 2. The number of aromatic nitrogens is 3. The minimum absolute atomic E-state index is 0.0238. The Morgan fingerprint density at radius 2 is 2.11 bits per heavy atom. The minimum atomic E-state index is -0.0238. The Labute approximate surface area is 158 Å². The van der Waals surface area contributed by atoms with Crippen LogP contribution in [0.4, 0.5) is 5.82 Å². The number of hydrogen-bond donors (Lipinski definition) is 2. The van der Waals surface area contributed by atoms with Crippen LogP contribution in [0.3, 0.4) is 0 Å². The molecule has 4 rings (SSSR count). The van der Waals surface area contributed by atoms with E-state index in [9.17, 15) is 4.79 Å². The van der Waals surface area contributed by atoms with Gasteiger partial charge in [0.15, 0.2) is 0 Å². The Kier molecular flexibility index (Phi) is 4.87. The summed E-state index contributed by atoms with van der Waals surface area (Å²) < 4.78 is 0. The van der Waals surface area contributed by atoms with Crippen molar-refractivity contribution >= 4 is 22.5 Å². The summed E-state index contributed by atoms with van der Waals surface area (Å²) >= 11 is 0. The Morgan fingerprint density at radius 3 is 2.89 bits per heavy atom. The van der Waals surface area contributed by atoms with Crippen LogP contribution in [0.15, 0.2) is 42.9 Å². The van der Waals surface area contributed by atoms with Crippen molar-refractivity contribution in [1.29, 1.82) is 0 Å². The molecule has 2 N–H and O–H groups in total. The van der Waals surface area contributed by atoms with E-state index in [2.05, 4.69) is 50.3 Å². The van der Waals surface area contributed by atoms with Crippen molar-refractivity contribution in [2.45, 2.75) is 13.0 Å². The molecule has 0 aliphatic carbocycles. The molecule has 1 aliphatic rings. The van der Waals surface area contributed by atoms with Crippen LogP contribution in [0.25, 0.3) is 21.9 Å². The molecule has 0 bridgehead atoms. The second-order valence-corrected chi connectivity index (χ2v) is 7.25. The maximum absolute atomic E-state index is 12.5. The summed E-state index contributed by atoms with van der Waals surface area (Å²) in [5.41, 5.74) is 2.11. The number of fused-ring (bicyclic) bond motifs is 1. The summed E-state index contributed by atoms with van der Waals surface area (Å²) in [6.07, 6.45) is 5.45. The Hall–Kier alpha value is -2.77. The van der Waals surface area contributed by atoms with Gasteiger partial charge in [-0.2, -0.15) is 5.10 Å². The van der Waals surface area contributed by atoms with Crippen molar-refractivity contribution in [2.24, 2.45) is 0 Å². The second kappa shape index (κ2) is 7.46. The largest absolute Gasteiger partial charge is 0.310 e. The highest BCUT2D eigenvalue weighted by Crippen LogP contribution is 2.24. The van der Waals surface area contributed by atoms with Gasteiger partial charge >= 0.3 is 0 Å². The fourth-order valence-electron chi connectivity index (χ4n) is 3.58. The Morgan fingerprint density at radius 1 is 1.22 bits per heavy atom. The van der Waals surface area contributed by atoms with E-state index >= 15 is 0 Å². The van der Waals surface area contributed by atoms with Crippen molar-refractivity contribution in [2.75, 3.05) is 38.5 Å². The lowest BCUT2D eigenvalue weighted by atomic mass is 10.1. The topological polar surface area (TPSA) is 77.1 Å². The van der Waals surface area contributed by atoms with Crippen LogP contribution in [0.5, 0.6) is 0 Å². The molecule has 3 heterocycles. The van der Waals surface area contributed by atoms with E-state index in [1.807, 2.05) is 24.4 Å². The van der Waals surface area contributed by atoms with Crippen LogP contribution in [0.1, 0.15) is 6.92 Å². The average molecular weight is 364 g/mol. The summed E-state index contributed by atoms with van der Waals surface area (Å²) in [7, 11) is 2.12. The Bertz CT molecular complexity index is 939. The molecule has 27 heavy (non-hydrogen) atoms. The molecular weight excluding hydrogens is 340 g/mol. The van der Waals surface area contributed by atoms with Crippen molar-refractivity contribution in [1.82, 2.24) is 25.0 Å². The fraction of sp³-hybridized carbons (Fsp3) is 0.350. The number of nitrogens with zero attached hydrogens (tertiary/aromatic N) is 4. The van der Waals surface area contributed by atoms with Gasteiger partial charge in [0.05, 0.1) is 12.7 Å². The molecule has 1 atom stereocenters. The van der Waals surface area contributed by atoms with Crippen molar-refractivity contribution in [3.05, 3.63) is 42.9 Å². The summed E-state index contributed by atoms with van der Waals surface area (Å²) in [6.45, 7) is 5.43. The van der Waals surface area contributed by atoms with Crippen LogP contribution < -0.4 is 5.32 Å². The SMILES string of the molecule is C[C@H]1CN(C)CCN1CC(=O)Nc1cc2cc(-c3cn[nH]c3)ccc2cn1. The van der Waals surface area contributed by atoms with Gasteiger partial charge in [0.2, 0.25) is 5.91 Å². The van der Waals surface area contributed by atoms with Crippen LogP contribution in [-0.4, -0.2) is 70.2 Å². The van der Waals surface area contributed by atoms with Gasteiger partial charge in [0.25, 0.3) is 0 Å². The number of amides is 1. The third-order valence-electron chi connectivity index (χ3n) is 5.14. The molecule has 1 amide bonds. The van der Waals surface area contributed by atoms with E-state index in [4.69, 9.17) is 0 Å². The van der Waals surface area contributed by atoms with Gasteiger partial charge in [0, 0.05) is 49.0 Å². The quantitative estimate of drug-likeness (QED) is 0.742. The minimum Gasteiger partial charge on any atom is -0.310 e. The predicted octanol–water partition coefficient (Wildman–Crippen LogP) is 2.20. The molecule has 1 aliphatic heterocycles. The highest BCUT2D eigenvalue weighted by molar-refractivity contribution is 5.94. The van der Waals surface area contributed by atoms with Crippen molar-refractivity contribution < 1.29 is 4.79 Å². The number of piperazine rings is 1. The number of hydrogen-bond acceptors (Lipinski definition) is 5. The standard InChI is InChI=1S/C20H24N6O/c1-14-12-25(2)5-6-26(14)13-20(27)24-19-8-17-7-15(18-10-22-23-11-18)3-4-16(17)9-21-19/h3-4,7-11,14H,5-6,12-13H2,1-2H3,(H,22,23)(H,21,24,27)/t14-/m0/s1. The number of anilines is 1. The Balaban J connectivity index is 1.47. The number of benzene rings is 1. The predicted molar refractivity (Wildman–Crippen MR) is 106 cm³/mol. The van der Waals surface area contributed by atoms with Crippen molar-refractivity contribution in [3.63, 3.8) is 0 Å². The molecule has 0 unspecified atom stereocenters. The molecule has 2 aromatic heterocycles. The van der Waals surface area contributed by atoms with Gasteiger partial charge in [-0.15, -0.1) is 0 Å². The van der Waals surface area contributed by atoms with E-state index in [0.29, 0.717) is 18.4 Å². The third-order valence-corrected chi connectivity index (χ3v) is 5.14. The zero-order valence-electron chi connectivity index (χ0n) is 15.6. The molecule has 7 nitrogen and oxygen atoms in total. The molecule has 3 aromatic rings. The van der Waals surface area contributed by atoms with Crippen molar-refractivity contribution in [3.8, 4) is 11.1 Å². The van der Waals surface area contributed by atoms with Gasteiger partial charge in [-0.05, 0) is 37.1 Å². The van der Waals surface area contributed by atoms with Gasteiger partial charge in [-0.1, -0.05) is 12.1 Å². The molecule has 140 valence electrons. The molecule has 1 saturated heterocycles. The maximum Gasteiger partial charge on any atom is 0.239 e. The molecular formula is C20H24N6O. The highest BCUT2D eigenvalue weighted by atomic mass is 16.2. The average Bonchev–Trinajstić information content (AvgIpc) is 3.18. The monoisotopic (exact) mass is 364 g/mol. The lowest BCUT2D eigenvalue weighted by Gasteiger charge is -2.37. The first-order valence-corrected chi connectivity index (χ1v) is 9.20. The van der Waals surface area contributed by atoms with E-state index in [-0.39, 0.29) is 5.91 Å². The number of carbonyl (C=O) groups excluding carboxylic acids is 1. The van der Waals surface area contributed by atoms with Crippen LogP contribution in [0.2, 0.25) is 0 Å². The summed E-state index contributed by atoms with van der Waals surface area (Å²) in [5.74, 6) is 0.558. The summed E-state index contributed by atoms with van der Waals surface area (Å²) in [4.78, 5) is 21.4. The fourth-order valence-corrected chi connectivity index (χ4v) is 3.58. The van der Waals surface area contributed by atoms with Gasteiger partial charge in [0.1, 0.15) is 5.82 Å². The maximum atomic E-state index is 12.5. The normalized spacial score (nSPS) is 18.7. The van der Waals surface area contributed by atoms with Gasteiger partial charge in [-0.25, -0.2) is 4.98 Å². The second-order valence-electron chi connectivity index (χ2n) is 7.25. The molecule has 0 spiro atoms. The first kappa shape index (κ1) is 17.6. The number of likely N-dealkylation sites (N-methyl/N-ethyl adjacent to an activating group) is 1. The zero-order valence-corrected chi connectivity index (χ0v) is 15.6. The number of H-pyrrole nitrogens is 1. The lowest BCUT2D eigenvalue weighted by Crippen LogP contribution is -2.52. The molecule has 7 heteroatoms. The zero-order chi connectivity index (χ0) is 18.8. The van der Waals surface area contributed by atoms with E-state index in [0.717, 1.165) is 41.5 Å². The molecule has 1 aromatic carbocycles. The lowest BCUT2D eigenvalue weighted by molar-refractivity contribution is -0.118. The summed E-state index contributed by atoms with van der Waals surface area (Å²) in [6, 6.07) is 8.45.